The van der Waals surface area contributed by atoms with Gasteiger partial charge in [-0.05, 0) is 31.4 Å². The molecular formula is C22H25N5O6. The van der Waals surface area contributed by atoms with E-state index in [1.807, 2.05) is 6.07 Å². The van der Waals surface area contributed by atoms with Crippen LogP contribution < -0.4 is 16.0 Å². The number of nitrogens with zero attached hydrogens (tertiary/aromatic N) is 3. The van der Waals surface area contributed by atoms with Crippen molar-refractivity contribution in [1.82, 2.24) is 15.4 Å². The van der Waals surface area contributed by atoms with E-state index in [1.54, 1.807) is 24.3 Å². The Morgan fingerprint density at radius 3 is 2.91 bits per heavy atom. The highest BCUT2D eigenvalue weighted by Crippen LogP contribution is 2.32. The highest BCUT2D eigenvalue weighted by Gasteiger charge is 2.36. The van der Waals surface area contributed by atoms with E-state index in [4.69, 9.17) is 20.0 Å². The number of hydrogen-bond donors (Lipinski definition) is 4. The second-order valence-corrected chi connectivity index (χ2v) is 8.14. The molecule has 4 rings (SSSR count). The number of carbonyl (C=O) groups excluding carboxylic acids is 1. The molecule has 0 spiro atoms. The van der Waals surface area contributed by atoms with Crippen LogP contribution >= 0.6 is 0 Å². The maximum atomic E-state index is 12.9. The van der Waals surface area contributed by atoms with E-state index in [0.29, 0.717) is 37.0 Å². The summed E-state index contributed by atoms with van der Waals surface area (Å²) in [6, 6.07) is 8.67. The molecule has 33 heavy (non-hydrogen) atoms. The number of hydroxylamine groups is 1. The topological polar surface area (TPSA) is 173 Å². The van der Waals surface area contributed by atoms with E-state index < -0.39 is 23.7 Å². The normalized spacial score (nSPS) is 21.1. The molecule has 1 aromatic carbocycles. The van der Waals surface area contributed by atoms with Crippen molar-refractivity contribution in [2.24, 2.45) is 0 Å². The molecule has 2 fully saturated rings. The molecule has 1 saturated heterocycles. The van der Waals surface area contributed by atoms with Crippen LogP contribution in [0.2, 0.25) is 0 Å². The summed E-state index contributed by atoms with van der Waals surface area (Å²) in [4.78, 5) is 26.7. The lowest BCUT2D eigenvalue weighted by Crippen LogP contribution is -2.44. The Morgan fingerprint density at radius 2 is 2.21 bits per heavy atom. The van der Waals surface area contributed by atoms with Gasteiger partial charge in [0.15, 0.2) is 5.82 Å². The second kappa shape index (κ2) is 9.68. The highest BCUT2D eigenvalue weighted by molar-refractivity contribution is 6.00. The fourth-order valence-electron chi connectivity index (χ4n) is 3.71. The molecule has 1 saturated carbocycles. The zero-order valence-electron chi connectivity index (χ0n) is 17.9. The van der Waals surface area contributed by atoms with E-state index in [1.165, 1.54) is 0 Å². The summed E-state index contributed by atoms with van der Waals surface area (Å²) in [5.74, 6) is -0.819. The average Bonchev–Trinajstić information content (AvgIpc) is 3.24. The number of ether oxygens (including phenoxy) is 2. The Hall–Kier alpha value is -3.30. The van der Waals surface area contributed by atoms with Crippen LogP contribution in [0.4, 0.5) is 5.82 Å². The number of rotatable bonds is 8. The van der Waals surface area contributed by atoms with E-state index in [9.17, 15) is 20.3 Å². The number of nitrogen functional groups attached to an aromatic ring is 1. The van der Waals surface area contributed by atoms with Gasteiger partial charge in [0, 0.05) is 12.0 Å². The van der Waals surface area contributed by atoms with Crippen LogP contribution in [-0.4, -0.2) is 63.7 Å². The summed E-state index contributed by atoms with van der Waals surface area (Å²) < 4.78 is 11.4. The highest BCUT2D eigenvalue weighted by atomic mass is 16.7. The van der Waals surface area contributed by atoms with Crippen molar-refractivity contribution in [1.29, 1.82) is 5.26 Å². The van der Waals surface area contributed by atoms with Crippen molar-refractivity contribution >= 4 is 11.7 Å². The number of nitriles is 1. The lowest BCUT2D eigenvalue weighted by Gasteiger charge is -2.35. The lowest BCUT2D eigenvalue weighted by molar-refractivity contribution is -0.113. The van der Waals surface area contributed by atoms with Gasteiger partial charge < -0.3 is 25.4 Å². The first-order valence-electron chi connectivity index (χ1n) is 10.6. The fraction of sp³-hybridized carbons (Fsp3) is 0.455. The SMILES string of the molecule is N#Cc1cccc(-c2nc(N)c(C(=O)NOCC3(O)CCC3)c(O[C@H]3CCO[C@@H]3CO)n2)c1. The molecule has 1 amide bonds. The number of aliphatic hydroxyl groups is 2. The predicted octanol–water partition coefficient (Wildman–Crippen LogP) is 0.702. The number of amides is 1. The Kier molecular flexibility index (Phi) is 6.71. The van der Waals surface area contributed by atoms with Crippen molar-refractivity contribution < 1.29 is 29.3 Å². The standard InChI is InChI=1S/C22H25N5O6/c23-10-13-3-1-4-14(9-13)19-25-18(24)17(20(29)27-32-12-22(30)6-2-7-22)21(26-19)33-15-5-8-31-16(15)11-28/h1,3-4,9,15-16,28,30H,2,5-8,11-12H2,(H,27,29)(H2,24,25,26)/t15-,16+/m0/s1. The second-order valence-electron chi connectivity index (χ2n) is 8.14. The van der Waals surface area contributed by atoms with E-state index in [2.05, 4.69) is 15.4 Å². The zero-order valence-corrected chi connectivity index (χ0v) is 17.9. The Labute approximate surface area is 190 Å². The molecule has 0 radical (unpaired) electrons. The van der Waals surface area contributed by atoms with Crippen LogP contribution in [0.3, 0.4) is 0 Å². The fourth-order valence-corrected chi connectivity index (χ4v) is 3.71. The maximum absolute atomic E-state index is 12.9. The van der Waals surface area contributed by atoms with E-state index in [0.717, 1.165) is 6.42 Å². The zero-order chi connectivity index (χ0) is 23.4. The molecule has 2 heterocycles. The molecule has 11 heteroatoms. The minimum atomic E-state index is -0.945. The largest absolute Gasteiger partial charge is 0.471 e. The van der Waals surface area contributed by atoms with Gasteiger partial charge >= 0.3 is 0 Å². The van der Waals surface area contributed by atoms with Gasteiger partial charge in [-0.15, -0.1) is 0 Å². The van der Waals surface area contributed by atoms with Crippen molar-refractivity contribution in [3.63, 3.8) is 0 Å². The number of hydrogen-bond acceptors (Lipinski definition) is 10. The van der Waals surface area contributed by atoms with Crippen molar-refractivity contribution in [2.45, 2.75) is 43.5 Å². The number of nitrogens with one attached hydrogen (secondary N) is 1. The average molecular weight is 455 g/mol. The number of aliphatic hydroxyl groups excluding tert-OH is 1. The first kappa shape index (κ1) is 22.9. The van der Waals surface area contributed by atoms with Crippen LogP contribution in [0.15, 0.2) is 24.3 Å². The van der Waals surface area contributed by atoms with Gasteiger partial charge in [-0.2, -0.15) is 10.2 Å². The number of aromatic nitrogens is 2. The molecule has 2 aromatic rings. The number of anilines is 1. The molecule has 1 aliphatic carbocycles. The lowest BCUT2D eigenvalue weighted by atomic mass is 9.81. The van der Waals surface area contributed by atoms with Crippen LogP contribution in [0.5, 0.6) is 5.88 Å². The Balaban J connectivity index is 1.63. The number of benzene rings is 1. The summed E-state index contributed by atoms with van der Waals surface area (Å²) >= 11 is 0. The molecule has 11 nitrogen and oxygen atoms in total. The first-order valence-corrected chi connectivity index (χ1v) is 10.6. The summed E-state index contributed by atoms with van der Waals surface area (Å²) in [6.45, 7) is 0.0695. The molecule has 174 valence electrons. The molecule has 2 atom stereocenters. The number of nitrogens with two attached hydrogens (primary N) is 1. The van der Waals surface area contributed by atoms with Crippen molar-refractivity contribution in [2.75, 3.05) is 25.6 Å². The van der Waals surface area contributed by atoms with E-state index >= 15 is 0 Å². The van der Waals surface area contributed by atoms with Crippen LogP contribution in [0.1, 0.15) is 41.6 Å². The Morgan fingerprint density at radius 1 is 1.39 bits per heavy atom. The van der Waals surface area contributed by atoms with Crippen LogP contribution in [-0.2, 0) is 9.57 Å². The molecule has 2 aliphatic rings. The third-order valence-electron chi connectivity index (χ3n) is 5.76. The molecular weight excluding hydrogens is 430 g/mol. The van der Waals surface area contributed by atoms with Crippen LogP contribution in [0.25, 0.3) is 11.4 Å². The van der Waals surface area contributed by atoms with Crippen LogP contribution in [0, 0.1) is 11.3 Å². The smallest absolute Gasteiger partial charge is 0.284 e. The molecule has 0 unspecified atom stereocenters. The van der Waals surface area contributed by atoms with E-state index in [-0.39, 0.29) is 36.3 Å². The van der Waals surface area contributed by atoms with Gasteiger partial charge in [-0.1, -0.05) is 12.1 Å². The van der Waals surface area contributed by atoms with Crippen molar-refractivity contribution in [3.05, 3.63) is 35.4 Å². The summed E-state index contributed by atoms with van der Waals surface area (Å²) in [6.07, 6.45) is 1.46. The molecule has 5 N–H and O–H groups in total. The monoisotopic (exact) mass is 455 g/mol. The third kappa shape index (κ3) is 5.04. The Bertz CT molecular complexity index is 1070. The quantitative estimate of drug-likeness (QED) is 0.415. The predicted molar refractivity (Wildman–Crippen MR) is 115 cm³/mol. The van der Waals surface area contributed by atoms with Gasteiger partial charge in [-0.3, -0.25) is 9.63 Å². The summed E-state index contributed by atoms with van der Waals surface area (Å²) in [7, 11) is 0. The van der Waals surface area contributed by atoms with Gasteiger partial charge in [-0.25, -0.2) is 10.5 Å². The minimum absolute atomic E-state index is 0.0578. The van der Waals surface area contributed by atoms with Crippen molar-refractivity contribution in [3.8, 4) is 23.3 Å². The first-order chi connectivity index (χ1) is 15.9. The summed E-state index contributed by atoms with van der Waals surface area (Å²) in [5.41, 5.74) is 8.23. The minimum Gasteiger partial charge on any atom is -0.471 e. The van der Waals surface area contributed by atoms with Gasteiger partial charge in [0.05, 0.1) is 30.4 Å². The number of carbonyl (C=O) groups is 1. The molecule has 1 aliphatic heterocycles. The summed E-state index contributed by atoms with van der Waals surface area (Å²) in [5, 5.41) is 28.9. The third-order valence-corrected chi connectivity index (χ3v) is 5.76. The van der Waals surface area contributed by atoms with Gasteiger partial charge in [0.25, 0.3) is 5.91 Å². The maximum Gasteiger partial charge on any atom is 0.284 e. The van der Waals surface area contributed by atoms with Gasteiger partial charge in [0.2, 0.25) is 5.88 Å². The van der Waals surface area contributed by atoms with Gasteiger partial charge in [0.1, 0.15) is 30.2 Å². The molecule has 1 aromatic heterocycles. The molecule has 0 bridgehead atoms.